The number of nitrogens with one attached hydrogen (secondary N) is 1. The molecule has 0 fully saturated rings. The van der Waals surface area contributed by atoms with Crippen LogP contribution in [0.1, 0.15) is 5.56 Å². The van der Waals surface area contributed by atoms with Crippen LogP contribution in [0, 0.1) is 11.3 Å². The Labute approximate surface area is 152 Å². The third-order valence-corrected chi connectivity index (χ3v) is 4.32. The van der Waals surface area contributed by atoms with Gasteiger partial charge in [-0.05, 0) is 41.5 Å². The van der Waals surface area contributed by atoms with Crippen LogP contribution >= 0.6 is 15.9 Å². The highest BCUT2D eigenvalue weighted by atomic mass is 79.9. The molecule has 0 amide bonds. The van der Waals surface area contributed by atoms with E-state index in [0.717, 1.165) is 10.0 Å². The number of phenolic OH excluding ortho intramolecular Hbond substituents is 1. The van der Waals surface area contributed by atoms with E-state index in [4.69, 9.17) is 4.74 Å². The van der Waals surface area contributed by atoms with Gasteiger partial charge in [0.2, 0.25) is 0 Å². The van der Waals surface area contributed by atoms with Crippen LogP contribution in [0.5, 0.6) is 11.5 Å². The Kier molecular flexibility index (Phi) is 4.59. The summed E-state index contributed by atoms with van der Waals surface area (Å²) in [6.07, 6.45) is 0. The number of nitrogens with zero attached hydrogens (tertiary/aromatic N) is 1. The number of aromatic amines is 1. The first-order valence-corrected chi connectivity index (χ1v) is 8.13. The summed E-state index contributed by atoms with van der Waals surface area (Å²) in [5, 5.41) is 19.1. The number of nitriles is 1. The number of benzene rings is 2. The van der Waals surface area contributed by atoms with Crippen LogP contribution in [0.15, 0.2) is 57.8 Å². The molecule has 0 saturated heterocycles. The van der Waals surface area contributed by atoms with E-state index >= 15 is 0 Å². The van der Waals surface area contributed by atoms with E-state index in [2.05, 4.69) is 20.9 Å². The second-order valence-electron chi connectivity index (χ2n) is 5.31. The van der Waals surface area contributed by atoms with Gasteiger partial charge < -0.3 is 14.8 Å². The van der Waals surface area contributed by atoms with Crippen LogP contribution in [0.3, 0.4) is 0 Å². The molecular formula is C19H13BrN2O3. The molecule has 0 atom stereocenters. The molecule has 3 aromatic rings. The van der Waals surface area contributed by atoms with Gasteiger partial charge in [-0.1, -0.05) is 34.1 Å². The molecule has 2 aromatic carbocycles. The standard InChI is InChI=1S/C19H13BrN2O3/c1-25-18-8-12(4-7-17(18)23)14-9-16(22-19(24)15(14)10-21)11-2-5-13(20)6-3-11/h2-9,23H,1H3,(H,22,24). The number of hydrogen-bond acceptors (Lipinski definition) is 4. The fourth-order valence-corrected chi connectivity index (χ4v) is 2.79. The van der Waals surface area contributed by atoms with Crippen molar-refractivity contribution in [3.63, 3.8) is 0 Å². The van der Waals surface area contributed by atoms with Gasteiger partial charge in [-0.25, -0.2) is 0 Å². The quantitative estimate of drug-likeness (QED) is 0.698. The van der Waals surface area contributed by atoms with E-state index in [9.17, 15) is 15.2 Å². The number of pyridine rings is 1. The van der Waals surface area contributed by atoms with Gasteiger partial charge in [0, 0.05) is 15.7 Å². The third kappa shape index (κ3) is 3.28. The van der Waals surface area contributed by atoms with Gasteiger partial charge in [0.05, 0.1) is 7.11 Å². The van der Waals surface area contributed by atoms with E-state index < -0.39 is 5.56 Å². The number of aromatic nitrogens is 1. The van der Waals surface area contributed by atoms with Gasteiger partial charge in [-0.3, -0.25) is 4.79 Å². The highest BCUT2D eigenvalue weighted by Crippen LogP contribution is 2.33. The lowest BCUT2D eigenvalue weighted by molar-refractivity contribution is 0.373. The Balaban J connectivity index is 2.23. The number of methoxy groups -OCH3 is 1. The lowest BCUT2D eigenvalue weighted by Crippen LogP contribution is -2.12. The van der Waals surface area contributed by atoms with Crippen molar-refractivity contribution < 1.29 is 9.84 Å². The zero-order valence-electron chi connectivity index (χ0n) is 13.2. The maximum atomic E-state index is 12.4. The number of hydrogen-bond donors (Lipinski definition) is 2. The predicted molar refractivity (Wildman–Crippen MR) is 98.6 cm³/mol. The average molecular weight is 397 g/mol. The minimum absolute atomic E-state index is 0.00797. The van der Waals surface area contributed by atoms with Crippen LogP contribution in [0.2, 0.25) is 0 Å². The van der Waals surface area contributed by atoms with Crippen molar-refractivity contribution in [2.75, 3.05) is 7.11 Å². The van der Waals surface area contributed by atoms with Crippen molar-refractivity contribution in [1.29, 1.82) is 5.26 Å². The molecule has 0 saturated carbocycles. The zero-order chi connectivity index (χ0) is 18.0. The Morgan fingerprint density at radius 2 is 1.80 bits per heavy atom. The van der Waals surface area contributed by atoms with E-state index in [1.54, 1.807) is 18.2 Å². The SMILES string of the molecule is COc1cc(-c2cc(-c3ccc(Br)cc3)[nH]c(=O)c2C#N)ccc1O. The van der Waals surface area contributed by atoms with Gasteiger partial charge in [-0.2, -0.15) is 5.26 Å². The summed E-state index contributed by atoms with van der Waals surface area (Å²) in [5.41, 5.74) is 2.03. The van der Waals surface area contributed by atoms with Crippen molar-refractivity contribution in [2.24, 2.45) is 0 Å². The van der Waals surface area contributed by atoms with Crippen LogP contribution in [-0.2, 0) is 0 Å². The number of H-pyrrole nitrogens is 1. The molecule has 0 unspecified atom stereocenters. The molecule has 5 nitrogen and oxygen atoms in total. The summed E-state index contributed by atoms with van der Waals surface area (Å²) in [4.78, 5) is 15.1. The Morgan fingerprint density at radius 3 is 2.44 bits per heavy atom. The summed E-state index contributed by atoms with van der Waals surface area (Å²) in [5.74, 6) is 0.259. The zero-order valence-corrected chi connectivity index (χ0v) is 14.8. The van der Waals surface area contributed by atoms with Crippen molar-refractivity contribution >= 4 is 15.9 Å². The van der Waals surface area contributed by atoms with Gasteiger partial charge in [-0.15, -0.1) is 0 Å². The van der Waals surface area contributed by atoms with Crippen LogP contribution in [0.25, 0.3) is 22.4 Å². The van der Waals surface area contributed by atoms with Crippen molar-refractivity contribution in [3.05, 3.63) is 68.9 Å². The fraction of sp³-hybridized carbons (Fsp3) is 0.0526. The number of aromatic hydroxyl groups is 1. The molecule has 0 aliphatic heterocycles. The number of phenols is 1. The second-order valence-corrected chi connectivity index (χ2v) is 6.22. The fourth-order valence-electron chi connectivity index (χ4n) is 2.53. The molecule has 0 spiro atoms. The van der Waals surface area contributed by atoms with Crippen molar-refractivity contribution in [3.8, 4) is 40.0 Å². The lowest BCUT2D eigenvalue weighted by Gasteiger charge is -2.10. The Morgan fingerprint density at radius 1 is 1.12 bits per heavy atom. The highest BCUT2D eigenvalue weighted by Gasteiger charge is 2.14. The first kappa shape index (κ1) is 16.8. The Bertz CT molecular complexity index is 1030. The maximum absolute atomic E-state index is 12.4. The third-order valence-electron chi connectivity index (χ3n) is 3.79. The van der Waals surface area contributed by atoms with Gasteiger partial charge in [0.25, 0.3) is 5.56 Å². The van der Waals surface area contributed by atoms with Crippen molar-refractivity contribution in [2.45, 2.75) is 0 Å². The summed E-state index contributed by atoms with van der Waals surface area (Å²) in [6.45, 7) is 0. The minimum Gasteiger partial charge on any atom is -0.504 e. The summed E-state index contributed by atoms with van der Waals surface area (Å²) >= 11 is 3.38. The molecule has 6 heteroatoms. The number of rotatable bonds is 3. The monoisotopic (exact) mass is 396 g/mol. The molecule has 25 heavy (non-hydrogen) atoms. The summed E-state index contributed by atoms with van der Waals surface area (Å²) < 4.78 is 6.04. The maximum Gasteiger partial charge on any atom is 0.266 e. The van der Waals surface area contributed by atoms with E-state index in [-0.39, 0.29) is 17.1 Å². The predicted octanol–water partition coefficient (Wildman–Crippen LogP) is 4.06. The smallest absolute Gasteiger partial charge is 0.266 e. The van der Waals surface area contributed by atoms with Gasteiger partial charge in [0.1, 0.15) is 11.6 Å². The first-order valence-electron chi connectivity index (χ1n) is 7.34. The van der Waals surface area contributed by atoms with Crippen LogP contribution < -0.4 is 10.3 Å². The molecule has 3 rings (SSSR count). The van der Waals surface area contributed by atoms with Crippen molar-refractivity contribution in [1.82, 2.24) is 4.98 Å². The molecule has 124 valence electrons. The molecule has 0 aliphatic rings. The molecule has 1 heterocycles. The lowest BCUT2D eigenvalue weighted by atomic mass is 9.98. The highest BCUT2D eigenvalue weighted by molar-refractivity contribution is 9.10. The largest absolute Gasteiger partial charge is 0.504 e. The first-order chi connectivity index (χ1) is 12.0. The molecule has 0 aliphatic carbocycles. The number of halogens is 1. The van der Waals surface area contributed by atoms with Gasteiger partial charge in [0.15, 0.2) is 11.5 Å². The topological polar surface area (TPSA) is 86.1 Å². The summed E-state index contributed by atoms with van der Waals surface area (Å²) in [6, 6.07) is 15.9. The normalized spacial score (nSPS) is 10.3. The number of ether oxygens (including phenoxy) is 1. The molecule has 1 aromatic heterocycles. The second kappa shape index (κ2) is 6.83. The van der Waals surface area contributed by atoms with Crippen LogP contribution in [-0.4, -0.2) is 17.2 Å². The molecule has 2 N–H and O–H groups in total. The summed E-state index contributed by atoms with van der Waals surface area (Å²) in [7, 11) is 1.44. The average Bonchev–Trinajstić information content (AvgIpc) is 2.62. The minimum atomic E-state index is -0.468. The van der Waals surface area contributed by atoms with Crippen LogP contribution in [0.4, 0.5) is 0 Å². The molecule has 0 bridgehead atoms. The Hall–Kier alpha value is -3.04. The van der Waals surface area contributed by atoms with E-state index in [0.29, 0.717) is 16.8 Å². The van der Waals surface area contributed by atoms with Gasteiger partial charge >= 0.3 is 0 Å². The molecule has 0 radical (unpaired) electrons. The van der Waals surface area contributed by atoms with E-state index in [1.165, 1.54) is 13.2 Å². The molecular weight excluding hydrogens is 384 g/mol. The van der Waals surface area contributed by atoms with E-state index in [1.807, 2.05) is 30.3 Å².